The monoisotopic (exact) mass is 452 g/mol. The number of alkyl halides is 3. The van der Waals surface area contributed by atoms with E-state index in [1.165, 1.54) is 6.20 Å². The van der Waals surface area contributed by atoms with Gasteiger partial charge in [0.25, 0.3) is 5.91 Å². The van der Waals surface area contributed by atoms with Crippen molar-refractivity contribution in [2.75, 3.05) is 19.8 Å². The van der Waals surface area contributed by atoms with Gasteiger partial charge >= 0.3 is 6.18 Å². The summed E-state index contributed by atoms with van der Waals surface area (Å²) in [6.45, 7) is -0.248. The molecule has 0 aliphatic heterocycles. The molecule has 1 fully saturated rings. The van der Waals surface area contributed by atoms with Crippen LogP contribution in [0.1, 0.15) is 51.9 Å². The maximum absolute atomic E-state index is 13.9. The van der Waals surface area contributed by atoms with Gasteiger partial charge in [-0.2, -0.15) is 18.3 Å². The maximum Gasteiger partial charge on any atom is 0.416 e. The lowest BCUT2D eigenvalue weighted by Crippen LogP contribution is -2.27. The Hall–Kier alpha value is -3.05. The van der Waals surface area contributed by atoms with Crippen LogP contribution in [0.2, 0.25) is 0 Å². The third kappa shape index (κ3) is 4.89. The molecule has 32 heavy (non-hydrogen) atoms. The van der Waals surface area contributed by atoms with Crippen molar-refractivity contribution in [1.29, 1.82) is 0 Å². The molecule has 2 N–H and O–H groups in total. The quantitative estimate of drug-likeness (QED) is 0.405. The Bertz CT molecular complexity index is 1130. The second-order valence-corrected chi connectivity index (χ2v) is 7.57. The van der Waals surface area contributed by atoms with E-state index in [1.807, 2.05) is 6.20 Å². The van der Waals surface area contributed by atoms with Crippen LogP contribution in [0.5, 0.6) is 0 Å². The van der Waals surface area contributed by atoms with Gasteiger partial charge in [0.05, 0.1) is 25.0 Å². The molecule has 4 rings (SSSR count). The van der Waals surface area contributed by atoms with Crippen molar-refractivity contribution < 1.29 is 32.2 Å². The number of carbonyl (C=O) groups excluding carboxylic acids is 1. The molecule has 11 heteroatoms. The standard InChI is InChI=1S/C21H20F4N4O3/c22-17-7-14(21(23,24)25)3-4-15(17)18(30)11-32-6-5-26-20(31)16-9-28-29-10-13(12-1-2-12)8-27-19(16)29/h3-4,7-10,12,18,30H,1-2,5-6,11H2,(H,26,31)/t18-/m0/s1. The normalized spacial score (nSPS) is 15.2. The molecule has 1 aromatic carbocycles. The minimum Gasteiger partial charge on any atom is -0.386 e. The number of rotatable bonds is 8. The summed E-state index contributed by atoms with van der Waals surface area (Å²) < 4.78 is 58.5. The van der Waals surface area contributed by atoms with E-state index in [4.69, 9.17) is 4.74 Å². The lowest BCUT2D eigenvalue weighted by Gasteiger charge is -2.14. The lowest BCUT2D eigenvalue weighted by molar-refractivity contribution is -0.137. The topological polar surface area (TPSA) is 88.8 Å². The number of benzene rings is 1. The van der Waals surface area contributed by atoms with E-state index in [-0.39, 0.29) is 25.3 Å². The number of ether oxygens (including phenoxy) is 1. The molecule has 0 spiro atoms. The van der Waals surface area contributed by atoms with Gasteiger partial charge < -0.3 is 15.2 Å². The van der Waals surface area contributed by atoms with Crippen LogP contribution in [-0.2, 0) is 10.9 Å². The highest BCUT2D eigenvalue weighted by molar-refractivity contribution is 5.99. The molecule has 1 aliphatic rings. The van der Waals surface area contributed by atoms with Gasteiger partial charge in [0, 0.05) is 24.5 Å². The number of nitrogens with one attached hydrogen (secondary N) is 1. The molecule has 1 atom stereocenters. The largest absolute Gasteiger partial charge is 0.416 e. The van der Waals surface area contributed by atoms with Crippen molar-refractivity contribution in [3.05, 3.63) is 64.9 Å². The highest BCUT2D eigenvalue weighted by Gasteiger charge is 2.31. The molecular weight excluding hydrogens is 432 g/mol. The SMILES string of the molecule is O=C(NCCOC[C@H](O)c1ccc(C(F)(F)F)cc1F)c1cnn2cc(C3CC3)cnc12. The van der Waals surface area contributed by atoms with Gasteiger partial charge in [-0.05, 0) is 36.5 Å². The summed E-state index contributed by atoms with van der Waals surface area (Å²) >= 11 is 0. The third-order valence-electron chi connectivity index (χ3n) is 5.16. The molecule has 0 unspecified atom stereocenters. The van der Waals surface area contributed by atoms with Crippen molar-refractivity contribution >= 4 is 11.6 Å². The zero-order valence-electron chi connectivity index (χ0n) is 16.8. The van der Waals surface area contributed by atoms with Gasteiger partial charge in [-0.3, -0.25) is 4.79 Å². The first-order valence-corrected chi connectivity index (χ1v) is 9.98. The third-order valence-corrected chi connectivity index (χ3v) is 5.16. The molecule has 1 aliphatic carbocycles. The van der Waals surface area contributed by atoms with E-state index < -0.39 is 29.6 Å². The van der Waals surface area contributed by atoms with Gasteiger partial charge in [0.1, 0.15) is 17.5 Å². The summed E-state index contributed by atoms with van der Waals surface area (Å²) in [6, 6.07) is 1.90. The van der Waals surface area contributed by atoms with Crippen molar-refractivity contribution in [1.82, 2.24) is 19.9 Å². The summed E-state index contributed by atoms with van der Waals surface area (Å²) in [4.78, 5) is 16.7. The summed E-state index contributed by atoms with van der Waals surface area (Å²) in [5, 5.41) is 16.8. The zero-order chi connectivity index (χ0) is 22.9. The number of hydrogen-bond donors (Lipinski definition) is 2. The van der Waals surface area contributed by atoms with E-state index >= 15 is 0 Å². The number of halogens is 4. The Morgan fingerprint density at radius 2 is 2.09 bits per heavy atom. The summed E-state index contributed by atoms with van der Waals surface area (Å²) in [6.07, 6.45) is 1.17. The number of fused-ring (bicyclic) bond motifs is 1. The predicted molar refractivity (Wildman–Crippen MR) is 104 cm³/mol. The van der Waals surface area contributed by atoms with E-state index in [0.717, 1.165) is 24.5 Å². The van der Waals surface area contributed by atoms with Crippen LogP contribution in [-0.4, -0.2) is 45.4 Å². The van der Waals surface area contributed by atoms with E-state index in [0.29, 0.717) is 29.3 Å². The van der Waals surface area contributed by atoms with Gasteiger partial charge in [-0.1, -0.05) is 6.07 Å². The van der Waals surface area contributed by atoms with E-state index in [2.05, 4.69) is 15.4 Å². The summed E-state index contributed by atoms with van der Waals surface area (Å²) in [5.74, 6) is -1.06. The minimum atomic E-state index is -4.67. The fourth-order valence-electron chi connectivity index (χ4n) is 3.27. The number of aromatic nitrogens is 3. The number of aliphatic hydroxyl groups is 1. The Kier molecular flexibility index (Phi) is 6.11. The molecule has 0 radical (unpaired) electrons. The Morgan fingerprint density at radius 1 is 1.31 bits per heavy atom. The van der Waals surface area contributed by atoms with Gasteiger partial charge in [0.2, 0.25) is 0 Å². The zero-order valence-corrected chi connectivity index (χ0v) is 16.8. The fourth-order valence-corrected chi connectivity index (χ4v) is 3.27. The molecule has 0 saturated heterocycles. The molecule has 3 aromatic rings. The van der Waals surface area contributed by atoms with Crippen LogP contribution in [0.25, 0.3) is 5.65 Å². The summed E-state index contributed by atoms with van der Waals surface area (Å²) in [7, 11) is 0. The highest BCUT2D eigenvalue weighted by atomic mass is 19.4. The van der Waals surface area contributed by atoms with Crippen LogP contribution < -0.4 is 5.32 Å². The van der Waals surface area contributed by atoms with Crippen LogP contribution in [0.4, 0.5) is 17.6 Å². The average Bonchev–Trinajstić information content (AvgIpc) is 3.51. The molecular formula is C21H20F4N4O3. The number of carbonyl (C=O) groups is 1. The van der Waals surface area contributed by atoms with E-state index in [9.17, 15) is 27.5 Å². The number of nitrogens with zero attached hydrogens (tertiary/aromatic N) is 3. The Morgan fingerprint density at radius 3 is 2.78 bits per heavy atom. The molecule has 7 nitrogen and oxygen atoms in total. The fraction of sp³-hybridized carbons (Fsp3) is 0.381. The molecule has 1 saturated carbocycles. The number of amides is 1. The maximum atomic E-state index is 13.9. The first kappa shape index (κ1) is 22.2. The van der Waals surface area contributed by atoms with Crippen LogP contribution in [0.3, 0.4) is 0 Å². The minimum absolute atomic E-state index is 0.00350. The molecule has 2 heterocycles. The summed E-state index contributed by atoms with van der Waals surface area (Å²) in [5.41, 5.74) is 0.384. The van der Waals surface area contributed by atoms with E-state index in [1.54, 1.807) is 10.7 Å². The Labute approximate surface area is 180 Å². The predicted octanol–water partition coefficient (Wildman–Crippen LogP) is 3.24. The first-order chi connectivity index (χ1) is 15.2. The number of hydrogen-bond acceptors (Lipinski definition) is 5. The van der Waals surface area contributed by atoms with Crippen LogP contribution in [0.15, 0.2) is 36.8 Å². The molecule has 1 amide bonds. The highest BCUT2D eigenvalue weighted by Crippen LogP contribution is 2.39. The first-order valence-electron chi connectivity index (χ1n) is 9.98. The van der Waals surface area contributed by atoms with Gasteiger partial charge in [0.15, 0.2) is 5.65 Å². The lowest BCUT2D eigenvalue weighted by atomic mass is 10.1. The van der Waals surface area contributed by atoms with Crippen molar-refractivity contribution in [2.24, 2.45) is 0 Å². The van der Waals surface area contributed by atoms with Gasteiger partial charge in [-0.15, -0.1) is 0 Å². The second kappa shape index (κ2) is 8.83. The Balaban J connectivity index is 1.25. The van der Waals surface area contributed by atoms with Crippen LogP contribution in [0, 0.1) is 5.82 Å². The number of aliphatic hydroxyl groups excluding tert-OH is 1. The smallest absolute Gasteiger partial charge is 0.386 e. The molecule has 2 aromatic heterocycles. The molecule has 170 valence electrons. The second-order valence-electron chi connectivity index (χ2n) is 7.57. The average molecular weight is 452 g/mol. The van der Waals surface area contributed by atoms with Crippen LogP contribution >= 0.6 is 0 Å². The van der Waals surface area contributed by atoms with Crippen molar-refractivity contribution in [2.45, 2.75) is 31.0 Å². The van der Waals surface area contributed by atoms with Gasteiger partial charge in [-0.25, -0.2) is 13.9 Å². The van der Waals surface area contributed by atoms with Crippen molar-refractivity contribution in [3.8, 4) is 0 Å². The van der Waals surface area contributed by atoms with Crippen molar-refractivity contribution in [3.63, 3.8) is 0 Å². The molecule has 0 bridgehead atoms.